The molecule has 24 heavy (non-hydrogen) atoms. The van der Waals surface area contributed by atoms with E-state index in [1.165, 1.54) is 4.90 Å². The summed E-state index contributed by atoms with van der Waals surface area (Å²) in [4.78, 5) is 36.4. The van der Waals surface area contributed by atoms with Gasteiger partial charge in [-0.3, -0.25) is 14.5 Å². The number of aliphatic carboxylic acids is 1. The lowest BCUT2D eigenvalue weighted by Crippen LogP contribution is -2.44. The number of benzene rings is 1. The zero-order valence-corrected chi connectivity index (χ0v) is 14.9. The summed E-state index contributed by atoms with van der Waals surface area (Å²) in [6.07, 6.45) is 2.73. The van der Waals surface area contributed by atoms with Gasteiger partial charge in [-0.1, -0.05) is 62.1 Å². The van der Waals surface area contributed by atoms with Crippen molar-refractivity contribution in [3.63, 3.8) is 0 Å². The van der Waals surface area contributed by atoms with E-state index in [0.717, 1.165) is 23.6 Å². The summed E-state index contributed by atoms with van der Waals surface area (Å²) in [5.74, 6) is -1.33. The van der Waals surface area contributed by atoms with Crippen LogP contribution in [0.5, 0.6) is 0 Å². The van der Waals surface area contributed by atoms with Gasteiger partial charge in [-0.15, -0.1) is 0 Å². The average Bonchev–Trinajstić information content (AvgIpc) is 2.79. The Morgan fingerprint density at radius 2 is 1.88 bits per heavy atom. The van der Waals surface area contributed by atoms with Gasteiger partial charge in [0, 0.05) is 5.56 Å². The lowest BCUT2D eigenvalue weighted by atomic mass is 10.0. The van der Waals surface area contributed by atoms with Gasteiger partial charge in [0.25, 0.3) is 5.91 Å². The summed E-state index contributed by atoms with van der Waals surface area (Å²) in [6, 6.07) is 5.79. The van der Waals surface area contributed by atoms with Crippen LogP contribution < -0.4 is 0 Å². The third-order valence-electron chi connectivity index (χ3n) is 3.49. The van der Waals surface area contributed by atoms with Crippen LogP contribution in [0.4, 0.5) is 0 Å². The minimum absolute atomic E-state index is 0.121. The zero-order valence-electron chi connectivity index (χ0n) is 13.3. The number of amides is 1. The van der Waals surface area contributed by atoms with E-state index in [1.807, 2.05) is 13.8 Å². The van der Waals surface area contributed by atoms with E-state index in [4.69, 9.17) is 12.2 Å². The van der Waals surface area contributed by atoms with Crippen LogP contribution in [0.15, 0.2) is 29.2 Å². The molecule has 1 amide bonds. The fraction of sp³-hybridized carbons (Fsp3) is 0.294. The van der Waals surface area contributed by atoms with Crippen LogP contribution in [0, 0.1) is 5.92 Å². The largest absolute Gasteiger partial charge is 0.480 e. The summed E-state index contributed by atoms with van der Waals surface area (Å²) in [5.41, 5.74) is 1.29. The van der Waals surface area contributed by atoms with Crippen molar-refractivity contribution >= 4 is 52.5 Å². The number of thioether (sulfide) groups is 1. The maximum atomic E-state index is 12.6. The van der Waals surface area contributed by atoms with Gasteiger partial charge in [0.15, 0.2) is 0 Å². The lowest BCUT2D eigenvalue weighted by Gasteiger charge is -2.24. The molecular formula is C17H17NO4S2. The molecule has 1 heterocycles. The first-order chi connectivity index (χ1) is 11.3. The molecule has 126 valence electrons. The highest BCUT2D eigenvalue weighted by molar-refractivity contribution is 8.26. The quantitative estimate of drug-likeness (QED) is 0.475. The first kappa shape index (κ1) is 18.4. The van der Waals surface area contributed by atoms with Crippen molar-refractivity contribution in [2.75, 3.05) is 0 Å². The number of hydrogen-bond acceptors (Lipinski definition) is 5. The van der Waals surface area contributed by atoms with Gasteiger partial charge in [-0.2, -0.15) is 0 Å². The highest BCUT2D eigenvalue weighted by Gasteiger charge is 2.40. The van der Waals surface area contributed by atoms with Gasteiger partial charge in [0.2, 0.25) is 0 Å². The van der Waals surface area contributed by atoms with E-state index in [9.17, 15) is 19.5 Å². The van der Waals surface area contributed by atoms with E-state index in [-0.39, 0.29) is 10.2 Å². The molecule has 1 aliphatic rings. The Bertz CT molecular complexity index is 710. The van der Waals surface area contributed by atoms with Crippen LogP contribution in [0.2, 0.25) is 0 Å². The molecule has 0 spiro atoms. The molecule has 1 aromatic carbocycles. The zero-order chi connectivity index (χ0) is 17.9. The number of carbonyl (C=O) groups is 3. The second kappa shape index (κ2) is 7.72. The topological polar surface area (TPSA) is 74.7 Å². The number of rotatable bonds is 6. The maximum Gasteiger partial charge on any atom is 0.326 e. The molecule has 0 bridgehead atoms. The number of carboxylic acid groups (broad SMARTS) is 1. The van der Waals surface area contributed by atoms with Crippen molar-refractivity contribution in [3.8, 4) is 0 Å². The standard InChI is InChI=1S/C17H17NO4S2/c1-10(2)7-13(16(21)22)18-15(20)14(24-17(18)23)8-11-3-5-12(9-19)6-4-11/h3-6,8-10,13H,7H2,1-2H3,(H,21,22). The molecule has 1 aliphatic heterocycles. The molecule has 1 unspecified atom stereocenters. The van der Waals surface area contributed by atoms with E-state index in [2.05, 4.69) is 0 Å². The Balaban J connectivity index is 2.27. The van der Waals surface area contributed by atoms with Crippen LogP contribution in [-0.2, 0) is 9.59 Å². The predicted molar refractivity (Wildman–Crippen MR) is 97.7 cm³/mol. The Hall–Kier alpha value is -1.99. The summed E-state index contributed by atoms with van der Waals surface area (Å²) < 4.78 is 0.254. The summed E-state index contributed by atoms with van der Waals surface area (Å²) >= 11 is 6.31. The first-order valence-electron chi connectivity index (χ1n) is 7.38. The molecule has 1 N–H and O–H groups in total. The molecule has 0 aliphatic carbocycles. The Kier molecular flexibility index (Phi) is 5.90. The highest BCUT2D eigenvalue weighted by Crippen LogP contribution is 2.35. The van der Waals surface area contributed by atoms with Crippen molar-refractivity contribution in [1.82, 2.24) is 4.90 Å². The first-order valence-corrected chi connectivity index (χ1v) is 8.61. The third kappa shape index (κ3) is 4.10. The highest BCUT2D eigenvalue weighted by atomic mass is 32.2. The fourth-order valence-electron chi connectivity index (χ4n) is 2.33. The van der Waals surface area contributed by atoms with Crippen molar-refractivity contribution < 1.29 is 19.5 Å². The van der Waals surface area contributed by atoms with Crippen LogP contribution in [0.25, 0.3) is 6.08 Å². The SMILES string of the molecule is CC(C)CC(C(=O)O)N1C(=O)C(=Cc2ccc(C=O)cc2)SC1=S. The molecule has 1 atom stereocenters. The molecule has 2 rings (SSSR count). The van der Waals surface area contributed by atoms with Crippen LogP contribution in [0.3, 0.4) is 0 Å². The van der Waals surface area contributed by atoms with E-state index in [0.29, 0.717) is 16.9 Å². The molecule has 5 nitrogen and oxygen atoms in total. The maximum absolute atomic E-state index is 12.6. The molecule has 0 radical (unpaired) electrons. The normalized spacial score (nSPS) is 17.6. The number of aldehydes is 1. The number of carboxylic acids is 1. The van der Waals surface area contributed by atoms with E-state index < -0.39 is 17.9 Å². The average molecular weight is 363 g/mol. The smallest absolute Gasteiger partial charge is 0.326 e. The third-order valence-corrected chi connectivity index (χ3v) is 4.82. The van der Waals surface area contributed by atoms with Crippen molar-refractivity contribution in [2.45, 2.75) is 26.3 Å². The van der Waals surface area contributed by atoms with E-state index in [1.54, 1.807) is 30.3 Å². The molecular weight excluding hydrogens is 346 g/mol. The van der Waals surface area contributed by atoms with Crippen molar-refractivity contribution in [3.05, 3.63) is 40.3 Å². The predicted octanol–water partition coefficient (Wildman–Crippen LogP) is 3.20. The Morgan fingerprint density at radius 1 is 1.29 bits per heavy atom. The van der Waals surface area contributed by atoms with Gasteiger partial charge in [-0.25, -0.2) is 4.79 Å². The van der Waals surface area contributed by atoms with Crippen LogP contribution in [-0.4, -0.2) is 38.5 Å². The number of nitrogens with zero attached hydrogens (tertiary/aromatic N) is 1. The molecule has 1 saturated heterocycles. The van der Waals surface area contributed by atoms with Gasteiger partial charge in [0.1, 0.15) is 16.6 Å². The van der Waals surface area contributed by atoms with Crippen molar-refractivity contribution in [2.24, 2.45) is 5.92 Å². The number of carbonyl (C=O) groups excluding carboxylic acids is 2. The Labute approximate surface area is 149 Å². The summed E-state index contributed by atoms with van der Waals surface area (Å²) in [6.45, 7) is 3.80. The van der Waals surface area contributed by atoms with Crippen LogP contribution >= 0.6 is 24.0 Å². The van der Waals surface area contributed by atoms with Gasteiger partial charge < -0.3 is 5.11 Å². The minimum atomic E-state index is -1.06. The Morgan fingerprint density at radius 3 is 2.38 bits per heavy atom. The van der Waals surface area contributed by atoms with Crippen LogP contribution in [0.1, 0.15) is 36.2 Å². The van der Waals surface area contributed by atoms with Gasteiger partial charge in [0.05, 0.1) is 4.91 Å². The second-order valence-corrected chi connectivity index (χ2v) is 7.50. The van der Waals surface area contributed by atoms with Crippen molar-refractivity contribution in [1.29, 1.82) is 0 Å². The fourth-order valence-corrected chi connectivity index (χ4v) is 3.69. The molecule has 7 heteroatoms. The minimum Gasteiger partial charge on any atom is -0.480 e. The molecule has 1 aromatic rings. The second-order valence-electron chi connectivity index (χ2n) is 5.82. The van der Waals surface area contributed by atoms with Gasteiger partial charge in [-0.05, 0) is 24.0 Å². The summed E-state index contributed by atoms with van der Waals surface area (Å²) in [7, 11) is 0. The monoisotopic (exact) mass is 363 g/mol. The number of thiocarbonyl (C=S) groups is 1. The van der Waals surface area contributed by atoms with E-state index >= 15 is 0 Å². The molecule has 0 aromatic heterocycles. The molecule has 1 fully saturated rings. The molecule has 0 saturated carbocycles. The van der Waals surface area contributed by atoms with Gasteiger partial charge >= 0.3 is 5.97 Å². The number of hydrogen-bond donors (Lipinski definition) is 1. The lowest BCUT2D eigenvalue weighted by molar-refractivity contribution is -0.145. The summed E-state index contributed by atoms with van der Waals surface area (Å²) in [5, 5.41) is 9.44.